The number of likely N-dealkylation sites (tertiary alicyclic amines) is 1. The van der Waals surface area contributed by atoms with Crippen molar-refractivity contribution in [3.8, 4) is 0 Å². The molecule has 2 heterocycles. The van der Waals surface area contributed by atoms with E-state index >= 15 is 0 Å². The van der Waals surface area contributed by atoms with Crippen LogP contribution in [0.2, 0.25) is 5.02 Å². The van der Waals surface area contributed by atoms with E-state index in [1.807, 2.05) is 0 Å². The summed E-state index contributed by atoms with van der Waals surface area (Å²) >= 11 is 6.01. The zero-order chi connectivity index (χ0) is 19.4. The molecule has 140 valence electrons. The maximum atomic E-state index is 12.7. The molecule has 1 N–H and O–H groups in total. The average molecular weight is 387 g/mol. The zero-order valence-electron chi connectivity index (χ0n) is 14.8. The number of hydrogen-bond donors (Lipinski definition) is 1. The first-order chi connectivity index (χ1) is 13.0. The number of aliphatic hydroxyl groups is 1. The number of aliphatic hydroxyl groups excluding tert-OH is 1. The number of carbonyl (C=O) groups is 2. The van der Waals surface area contributed by atoms with E-state index in [-0.39, 0.29) is 11.3 Å². The molecule has 0 spiro atoms. The number of hydrogen-bond acceptors (Lipinski definition) is 5. The number of Topliss-reactive ketones (excluding diaryl/α,β-unsaturated/α-hetero) is 1. The van der Waals surface area contributed by atoms with Crippen molar-refractivity contribution in [1.29, 1.82) is 0 Å². The van der Waals surface area contributed by atoms with Crippen LogP contribution in [-0.4, -0.2) is 46.9 Å². The van der Waals surface area contributed by atoms with Crippen LogP contribution in [0.4, 0.5) is 0 Å². The summed E-state index contributed by atoms with van der Waals surface area (Å²) in [5.41, 5.74) is 1.13. The van der Waals surface area contributed by atoms with Gasteiger partial charge in [0.2, 0.25) is 0 Å². The number of aromatic nitrogens is 1. The third kappa shape index (κ3) is 3.86. The molecule has 1 amide bonds. The Morgan fingerprint density at radius 1 is 1.26 bits per heavy atom. The molecule has 3 rings (SSSR count). The van der Waals surface area contributed by atoms with Crippen LogP contribution in [-0.2, 0) is 14.3 Å². The predicted molar refractivity (Wildman–Crippen MR) is 101 cm³/mol. The summed E-state index contributed by atoms with van der Waals surface area (Å²) < 4.78 is 5.05. The molecule has 1 aromatic heterocycles. The monoisotopic (exact) mass is 386 g/mol. The largest absolute Gasteiger partial charge is 0.507 e. The molecule has 1 aliphatic rings. The molecule has 0 radical (unpaired) electrons. The highest BCUT2D eigenvalue weighted by molar-refractivity contribution is 6.46. The number of pyridine rings is 1. The van der Waals surface area contributed by atoms with Crippen LogP contribution in [0.3, 0.4) is 0 Å². The third-order valence-corrected chi connectivity index (χ3v) is 4.64. The first-order valence-electron chi connectivity index (χ1n) is 8.47. The highest BCUT2D eigenvalue weighted by Crippen LogP contribution is 2.39. The average Bonchev–Trinajstić information content (AvgIpc) is 2.93. The number of nitrogens with zero attached hydrogens (tertiary/aromatic N) is 2. The van der Waals surface area contributed by atoms with Crippen molar-refractivity contribution in [2.75, 3.05) is 20.3 Å². The van der Waals surface area contributed by atoms with E-state index in [0.29, 0.717) is 35.7 Å². The number of halogens is 1. The van der Waals surface area contributed by atoms with Gasteiger partial charge in [-0.15, -0.1) is 0 Å². The first kappa shape index (κ1) is 19.1. The lowest BCUT2D eigenvalue weighted by Crippen LogP contribution is -2.31. The summed E-state index contributed by atoms with van der Waals surface area (Å²) in [5, 5.41) is 11.3. The highest BCUT2D eigenvalue weighted by Gasteiger charge is 2.45. The molecule has 1 unspecified atom stereocenters. The maximum absolute atomic E-state index is 12.7. The molecule has 6 nitrogen and oxygen atoms in total. The SMILES string of the molecule is COCCCN1C(=O)C(=O)/C(=C(\O)c2cccc(Cl)c2)C1c1ccncc1. The van der Waals surface area contributed by atoms with Crippen molar-refractivity contribution in [2.24, 2.45) is 0 Å². The second kappa shape index (κ2) is 8.33. The minimum atomic E-state index is -0.716. The van der Waals surface area contributed by atoms with Crippen LogP contribution in [0.15, 0.2) is 54.4 Å². The Kier molecular flexibility index (Phi) is 5.88. The lowest BCUT2D eigenvalue weighted by molar-refractivity contribution is -0.140. The van der Waals surface area contributed by atoms with E-state index in [9.17, 15) is 14.7 Å². The molecular formula is C20H19ClN2O4. The van der Waals surface area contributed by atoms with Crippen LogP contribution < -0.4 is 0 Å². The van der Waals surface area contributed by atoms with Crippen molar-refractivity contribution in [3.63, 3.8) is 0 Å². The number of ether oxygens (including phenoxy) is 1. The molecule has 27 heavy (non-hydrogen) atoms. The summed E-state index contributed by atoms with van der Waals surface area (Å²) in [6.45, 7) is 0.790. The maximum Gasteiger partial charge on any atom is 0.295 e. The van der Waals surface area contributed by atoms with Gasteiger partial charge < -0.3 is 14.7 Å². The molecule has 1 aromatic carbocycles. The van der Waals surface area contributed by atoms with Crippen molar-refractivity contribution >= 4 is 29.1 Å². The molecule has 1 atom stereocenters. The van der Waals surface area contributed by atoms with E-state index in [2.05, 4.69) is 4.98 Å². The Labute approximate surface area is 162 Å². The van der Waals surface area contributed by atoms with Gasteiger partial charge in [0.25, 0.3) is 11.7 Å². The first-order valence-corrected chi connectivity index (χ1v) is 8.85. The van der Waals surface area contributed by atoms with Crippen LogP contribution >= 0.6 is 11.6 Å². The fourth-order valence-corrected chi connectivity index (χ4v) is 3.36. The fourth-order valence-electron chi connectivity index (χ4n) is 3.17. The van der Waals surface area contributed by atoms with Crippen molar-refractivity contribution in [1.82, 2.24) is 9.88 Å². The van der Waals surface area contributed by atoms with Gasteiger partial charge in [-0.05, 0) is 36.2 Å². The highest BCUT2D eigenvalue weighted by atomic mass is 35.5. The molecule has 0 aliphatic carbocycles. The number of amides is 1. The molecule has 0 saturated carbocycles. The number of ketones is 1. The predicted octanol–water partition coefficient (Wildman–Crippen LogP) is 3.19. The molecule has 2 aromatic rings. The Hall–Kier alpha value is -2.70. The standard InChI is InChI=1S/C20H19ClN2O4/c1-27-11-3-10-23-17(13-6-8-22-9-7-13)16(19(25)20(23)26)18(24)14-4-2-5-15(21)12-14/h2,4-9,12,17,24H,3,10-11H2,1H3/b18-16-. The van der Waals surface area contributed by atoms with E-state index < -0.39 is 17.7 Å². The third-order valence-electron chi connectivity index (χ3n) is 4.41. The van der Waals surface area contributed by atoms with E-state index in [0.717, 1.165) is 0 Å². The van der Waals surface area contributed by atoms with Crippen molar-refractivity contribution < 1.29 is 19.4 Å². The van der Waals surface area contributed by atoms with E-state index in [1.54, 1.807) is 55.9 Å². The van der Waals surface area contributed by atoms with Crippen molar-refractivity contribution in [2.45, 2.75) is 12.5 Å². The van der Waals surface area contributed by atoms with Gasteiger partial charge in [0, 0.05) is 43.2 Å². The van der Waals surface area contributed by atoms with E-state index in [1.165, 1.54) is 4.90 Å². The zero-order valence-corrected chi connectivity index (χ0v) is 15.5. The van der Waals surface area contributed by atoms with Gasteiger partial charge in [0.15, 0.2) is 0 Å². The Morgan fingerprint density at radius 3 is 2.67 bits per heavy atom. The smallest absolute Gasteiger partial charge is 0.295 e. The number of benzene rings is 1. The molecule has 1 fully saturated rings. The summed E-state index contributed by atoms with van der Waals surface area (Å²) in [6, 6.07) is 9.30. The summed E-state index contributed by atoms with van der Waals surface area (Å²) in [5.74, 6) is -1.60. The number of methoxy groups -OCH3 is 1. The Balaban J connectivity index is 2.11. The topological polar surface area (TPSA) is 79.7 Å². The van der Waals surface area contributed by atoms with E-state index in [4.69, 9.17) is 16.3 Å². The number of carbonyl (C=O) groups excluding carboxylic acids is 2. The number of rotatable bonds is 6. The summed E-state index contributed by atoms with van der Waals surface area (Å²) in [6.07, 6.45) is 3.75. The van der Waals surface area contributed by atoms with Gasteiger partial charge in [-0.2, -0.15) is 0 Å². The van der Waals surface area contributed by atoms with Gasteiger partial charge in [-0.3, -0.25) is 14.6 Å². The van der Waals surface area contributed by atoms with Crippen LogP contribution in [0.1, 0.15) is 23.6 Å². The van der Waals surface area contributed by atoms with Crippen LogP contribution in [0.25, 0.3) is 5.76 Å². The second-order valence-electron chi connectivity index (χ2n) is 6.13. The molecular weight excluding hydrogens is 368 g/mol. The second-order valence-corrected chi connectivity index (χ2v) is 6.57. The normalized spacial score (nSPS) is 18.9. The van der Waals surface area contributed by atoms with Gasteiger partial charge >= 0.3 is 0 Å². The Morgan fingerprint density at radius 2 is 2.00 bits per heavy atom. The summed E-state index contributed by atoms with van der Waals surface area (Å²) in [7, 11) is 1.58. The molecule has 1 saturated heterocycles. The Bertz CT molecular complexity index is 883. The van der Waals surface area contributed by atoms with Gasteiger partial charge in [0.1, 0.15) is 5.76 Å². The lowest BCUT2D eigenvalue weighted by atomic mass is 9.96. The van der Waals surface area contributed by atoms with Gasteiger partial charge in [-0.25, -0.2) is 0 Å². The molecule has 7 heteroatoms. The quantitative estimate of drug-likeness (QED) is 0.357. The minimum Gasteiger partial charge on any atom is -0.507 e. The van der Waals surface area contributed by atoms with Gasteiger partial charge in [0.05, 0.1) is 11.6 Å². The molecule has 1 aliphatic heterocycles. The molecule has 0 bridgehead atoms. The summed E-state index contributed by atoms with van der Waals surface area (Å²) in [4.78, 5) is 30.8. The van der Waals surface area contributed by atoms with Crippen LogP contribution in [0.5, 0.6) is 0 Å². The lowest BCUT2D eigenvalue weighted by Gasteiger charge is -2.25. The fraction of sp³-hybridized carbons (Fsp3) is 0.250. The van der Waals surface area contributed by atoms with Gasteiger partial charge in [-0.1, -0.05) is 23.7 Å². The van der Waals surface area contributed by atoms with Crippen LogP contribution in [0, 0.1) is 0 Å². The minimum absolute atomic E-state index is 0.0471. The van der Waals surface area contributed by atoms with Crippen molar-refractivity contribution in [3.05, 3.63) is 70.5 Å².